The Balaban J connectivity index is 2.02. The van der Waals surface area contributed by atoms with Crippen molar-refractivity contribution in [3.05, 3.63) is 0 Å². The minimum Gasteiger partial charge on any atom is -0.376 e. The first-order valence-electron chi connectivity index (χ1n) is 6.43. The first-order chi connectivity index (χ1) is 8.63. The molecule has 6 nitrogen and oxygen atoms in total. The molecular formula is C12H20N2O4. The van der Waals surface area contributed by atoms with Crippen molar-refractivity contribution in [3.63, 3.8) is 0 Å². The number of carbonyl (C=O) groups is 2. The zero-order chi connectivity index (χ0) is 13.1. The van der Waals surface area contributed by atoms with Gasteiger partial charge in [-0.1, -0.05) is 6.92 Å². The van der Waals surface area contributed by atoms with Crippen LogP contribution in [0, 0.1) is 0 Å². The third-order valence-corrected chi connectivity index (χ3v) is 3.44. The second kappa shape index (κ2) is 5.67. The lowest BCUT2D eigenvalue weighted by Gasteiger charge is -2.39. The second-order valence-corrected chi connectivity index (χ2v) is 4.70. The maximum absolute atomic E-state index is 12.2. The molecule has 0 saturated carbocycles. The largest absolute Gasteiger partial charge is 0.376 e. The van der Waals surface area contributed by atoms with Gasteiger partial charge in [0.2, 0.25) is 11.8 Å². The summed E-state index contributed by atoms with van der Waals surface area (Å²) in [6.07, 6.45) is 0.476. The fraction of sp³-hybridized carbons (Fsp3) is 0.833. The molecule has 0 aromatic heterocycles. The SMILES string of the molecule is CCC1NC(=O)C(C)N(CC2COCCO2)C1=O. The van der Waals surface area contributed by atoms with E-state index < -0.39 is 12.1 Å². The molecule has 0 bridgehead atoms. The van der Waals surface area contributed by atoms with Crippen LogP contribution in [-0.4, -0.2) is 61.3 Å². The van der Waals surface area contributed by atoms with Crippen LogP contribution < -0.4 is 5.32 Å². The van der Waals surface area contributed by atoms with Crippen molar-refractivity contribution in [2.75, 3.05) is 26.4 Å². The highest BCUT2D eigenvalue weighted by molar-refractivity contribution is 5.96. The van der Waals surface area contributed by atoms with E-state index in [1.54, 1.807) is 11.8 Å². The molecule has 0 aromatic rings. The Hall–Kier alpha value is -1.14. The van der Waals surface area contributed by atoms with Crippen molar-refractivity contribution in [1.29, 1.82) is 0 Å². The van der Waals surface area contributed by atoms with Crippen LogP contribution in [0.3, 0.4) is 0 Å². The van der Waals surface area contributed by atoms with Crippen LogP contribution in [0.1, 0.15) is 20.3 Å². The van der Waals surface area contributed by atoms with Crippen LogP contribution in [0.5, 0.6) is 0 Å². The summed E-state index contributed by atoms with van der Waals surface area (Å²) >= 11 is 0. The maximum Gasteiger partial charge on any atom is 0.245 e. The van der Waals surface area contributed by atoms with Gasteiger partial charge in [0.25, 0.3) is 0 Å². The lowest BCUT2D eigenvalue weighted by atomic mass is 10.1. The van der Waals surface area contributed by atoms with E-state index in [1.165, 1.54) is 0 Å². The van der Waals surface area contributed by atoms with Gasteiger partial charge in [-0.05, 0) is 13.3 Å². The number of ether oxygens (including phenoxy) is 2. The second-order valence-electron chi connectivity index (χ2n) is 4.70. The van der Waals surface area contributed by atoms with Crippen molar-refractivity contribution < 1.29 is 19.1 Å². The number of nitrogens with one attached hydrogen (secondary N) is 1. The van der Waals surface area contributed by atoms with Crippen LogP contribution in [0.15, 0.2) is 0 Å². The van der Waals surface area contributed by atoms with E-state index >= 15 is 0 Å². The first kappa shape index (κ1) is 13.3. The van der Waals surface area contributed by atoms with Gasteiger partial charge in [0, 0.05) is 0 Å². The summed E-state index contributed by atoms with van der Waals surface area (Å²) in [5.41, 5.74) is 0. The number of rotatable bonds is 3. The van der Waals surface area contributed by atoms with Crippen molar-refractivity contribution in [1.82, 2.24) is 10.2 Å². The molecule has 0 radical (unpaired) electrons. The van der Waals surface area contributed by atoms with E-state index in [2.05, 4.69) is 5.32 Å². The molecule has 0 spiro atoms. The molecule has 2 aliphatic rings. The van der Waals surface area contributed by atoms with Gasteiger partial charge in [-0.25, -0.2) is 0 Å². The number of carbonyl (C=O) groups excluding carboxylic acids is 2. The summed E-state index contributed by atoms with van der Waals surface area (Å²) in [5.74, 6) is -0.128. The Kier molecular flexibility index (Phi) is 4.19. The van der Waals surface area contributed by atoms with Gasteiger partial charge < -0.3 is 19.7 Å². The van der Waals surface area contributed by atoms with E-state index in [-0.39, 0.29) is 17.9 Å². The predicted octanol–water partition coefficient (Wildman–Crippen LogP) is -0.473. The highest BCUT2D eigenvalue weighted by Gasteiger charge is 2.38. The van der Waals surface area contributed by atoms with Gasteiger partial charge in [-0.2, -0.15) is 0 Å². The molecule has 2 rings (SSSR count). The molecule has 1 N–H and O–H groups in total. The Morgan fingerprint density at radius 2 is 2.17 bits per heavy atom. The van der Waals surface area contributed by atoms with Crippen molar-refractivity contribution in [2.45, 2.75) is 38.5 Å². The molecule has 102 valence electrons. The lowest BCUT2D eigenvalue weighted by molar-refractivity contribution is -0.154. The molecule has 2 aliphatic heterocycles. The molecule has 3 atom stereocenters. The summed E-state index contributed by atoms with van der Waals surface area (Å²) < 4.78 is 10.8. The molecule has 0 aliphatic carbocycles. The van der Waals surface area contributed by atoms with Gasteiger partial charge >= 0.3 is 0 Å². The summed E-state index contributed by atoms with van der Waals surface area (Å²) in [5, 5.41) is 2.73. The Morgan fingerprint density at radius 1 is 1.39 bits per heavy atom. The molecule has 2 heterocycles. The van der Waals surface area contributed by atoms with E-state index in [0.717, 1.165) is 0 Å². The van der Waals surface area contributed by atoms with Gasteiger partial charge in [-0.15, -0.1) is 0 Å². The van der Waals surface area contributed by atoms with Crippen LogP contribution >= 0.6 is 0 Å². The van der Waals surface area contributed by atoms with Crippen molar-refractivity contribution in [3.8, 4) is 0 Å². The van der Waals surface area contributed by atoms with E-state index in [1.807, 2.05) is 6.92 Å². The van der Waals surface area contributed by atoms with Crippen LogP contribution in [0.4, 0.5) is 0 Å². The van der Waals surface area contributed by atoms with Crippen molar-refractivity contribution >= 4 is 11.8 Å². The Morgan fingerprint density at radius 3 is 2.78 bits per heavy atom. The lowest BCUT2D eigenvalue weighted by Crippen LogP contribution is -2.63. The third kappa shape index (κ3) is 2.64. The third-order valence-electron chi connectivity index (χ3n) is 3.44. The summed E-state index contributed by atoms with van der Waals surface area (Å²) in [7, 11) is 0. The molecule has 2 amide bonds. The van der Waals surface area contributed by atoms with Crippen LogP contribution in [0.25, 0.3) is 0 Å². The number of hydrogen-bond acceptors (Lipinski definition) is 4. The Labute approximate surface area is 107 Å². The molecule has 2 fully saturated rings. The fourth-order valence-electron chi connectivity index (χ4n) is 2.27. The Bertz CT molecular complexity index is 328. The standard InChI is InChI=1S/C12H20N2O4/c1-3-10-12(16)14(8(2)11(15)13-10)6-9-7-17-4-5-18-9/h8-10H,3-7H2,1-2H3,(H,13,15). The zero-order valence-electron chi connectivity index (χ0n) is 10.8. The average Bonchev–Trinajstić information content (AvgIpc) is 2.40. The average molecular weight is 256 g/mol. The van der Waals surface area contributed by atoms with Gasteiger partial charge in [0.1, 0.15) is 12.1 Å². The highest BCUT2D eigenvalue weighted by Crippen LogP contribution is 2.14. The number of nitrogens with zero attached hydrogens (tertiary/aromatic N) is 1. The topological polar surface area (TPSA) is 67.9 Å². The van der Waals surface area contributed by atoms with E-state index in [9.17, 15) is 9.59 Å². The van der Waals surface area contributed by atoms with Gasteiger partial charge in [0.15, 0.2) is 0 Å². The van der Waals surface area contributed by atoms with E-state index in [0.29, 0.717) is 32.8 Å². The first-order valence-corrected chi connectivity index (χ1v) is 6.43. The monoisotopic (exact) mass is 256 g/mol. The van der Waals surface area contributed by atoms with Crippen molar-refractivity contribution in [2.24, 2.45) is 0 Å². The van der Waals surface area contributed by atoms with E-state index in [4.69, 9.17) is 9.47 Å². The predicted molar refractivity (Wildman–Crippen MR) is 64.0 cm³/mol. The molecule has 6 heteroatoms. The number of hydrogen-bond donors (Lipinski definition) is 1. The minimum absolute atomic E-state index is 0.0289. The molecular weight excluding hydrogens is 236 g/mol. The molecule has 3 unspecified atom stereocenters. The summed E-state index contributed by atoms with van der Waals surface area (Å²) in [4.78, 5) is 25.6. The maximum atomic E-state index is 12.2. The quantitative estimate of drug-likeness (QED) is 0.741. The zero-order valence-corrected chi connectivity index (χ0v) is 10.8. The minimum atomic E-state index is -0.439. The summed E-state index contributed by atoms with van der Waals surface area (Å²) in [6.45, 7) is 5.67. The molecule has 18 heavy (non-hydrogen) atoms. The highest BCUT2D eigenvalue weighted by atomic mass is 16.6. The summed E-state index contributed by atoms with van der Waals surface area (Å²) in [6, 6.07) is -0.843. The molecule has 2 saturated heterocycles. The fourth-order valence-corrected chi connectivity index (χ4v) is 2.27. The smallest absolute Gasteiger partial charge is 0.245 e. The molecule has 0 aromatic carbocycles. The van der Waals surface area contributed by atoms with Gasteiger partial charge in [0.05, 0.1) is 32.5 Å². The number of piperazine rings is 1. The van der Waals surface area contributed by atoms with Crippen LogP contribution in [-0.2, 0) is 19.1 Å². The number of amides is 2. The van der Waals surface area contributed by atoms with Gasteiger partial charge in [-0.3, -0.25) is 9.59 Å². The van der Waals surface area contributed by atoms with Crippen LogP contribution in [0.2, 0.25) is 0 Å². The normalized spacial score (nSPS) is 33.4.